The Kier molecular flexibility index (Phi) is 5.05. The summed E-state index contributed by atoms with van der Waals surface area (Å²) >= 11 is 6.18. The zero-order valence-corrected chi connectivity index (χ0v) is 16.3. The van der Waals surface area contributed by atoms with E-state index in [1.54, 1.807) is 0 Å². The summed E-state index contributed by atoms with van der Waals surface area (Å²) < 4.78 is 32.5. The lowest BCUT2D eigenvalue weighted by atomic mass is 10.1. The summed E-state index contributed by atoms with van der Waals surface area (Å²) in [7, 11) is -3.64. The molecule has 0 amide bonds. The monoisotopic (exact) mass is 416 g/mol. The highest BCUT2D eigenvalue weighted by Gasteiger charge is 2.28. The molecule has 6 nitrogen and oxygen atoms in total. The number of esters is 1. The highest BCUT2D eigenvalue weighted by molar-refractivity contribution is 7.89. The van der Waals surface area contributed by atoms with Crippen LogP contribution in [0.25, 0.3) is 10.9 Å². The van der Waals surface area contributed by atoms with Gasteiger partial charge in [-0.3, -0.25) is 0 Å². The summed E-state index contributed by atoms with van der Waals surface area (Å²) in [5, 5.41) is 1.15. The fourth-order valence-electron chi connectivity index (χ4n) is 2.74. The van der Waals surface area contributed by atoms with Crippen LogP contribution < -0.4 is 4.72 Å². The van der Waals surface area contributed by atoms with E-state index in [9.17, 15) is 13.2 Å². The van der Waals surface area contributed by atoms with Crippen molar-refractivity contribution < 1.29 is 17.9 Å². The highest BCUT2D eigenvalue weighted by Crippen LogP contribution is 2.24. The Bertz CT molecular complexity index is 1160. The molecule has 1 saturated carbocycles. The molecule has 0 bridgehead atoms. The molecule has 28 heavy (non-hydrogen) atoms. The van der Waals surface area contributed by atoms with Crippen molar-refractivity contribution in [3.63, 3.8) is 0 Å². The van der Waals surface area contributed by atoms with Crippen LogP contribution >= 0.6 is 11.6 Å². The molecule has 8 heteroatoms. The number of carbonyl (C=O) groups is 1. The molecule has 3 aromatic rings. The third-order valence-electron chi connectivity index (χ3n) is 4.39. The van der Waals surface area contributed by atoms with Crippen LogP contribution in [0.5, 0.6) is 0 Å². The Morgan fingerprint density at radius 2 is 1.93 bits per heavy atom. The molecule has 1 fully saturated rings. The lowest BCUT2D eigenvalue weighted by Crippen LogP contribution is -2.25. The standard InChI is InChI=1S/C20H17ClN2O4S/c21-19-15(10-13-4-1-2-7-18(13)22-19)12-27-20(24)14-5-3-6-17(11-14)28(25,26)23-16-8-9-16/h1-7,10-11,16,23H,8-9,12H2. The summed E-state index contributed by atoms with van der Waals surface area (Å²) in [6.45, 7) is -0.0627. The number of pyridine rings is 1. The van der Waals surface area contributed by atoms with E-state index in [1.165, 1.54) is 24.3 Å². The van der Waals surface area contributed by atoms with Gasteiger partial charge in [-0.15, -0.1) is 0 Å². The zero-order valence-electron chi connectivity index (χ0n) is 14.8. The van der Waals surface area contributed by atoms with Crippen LogP contribution in [0.4, 0.5) is 0 Å². The van der Waals surface area contributed by atoms with Crippen molar-refractivity contribution in [3.8, 4) is 0 Å². The first-order valence-electron chi connectivity index (χ1n) is 8.76. The van der Waals surface area contributed by atoms with Crippen LogP contribution in [0.15, 0.2) is 59.5 Å². The Morgan fingerprint density at radius 1 is 1.14 bits per heavy atom. The van der Waals surface area contributed by atoms with E-state index in [1.807, 2.05) is 30.3 Å². The molecule has 0 atom stereocenters. The molecule has 1 heterocycles. The average Bonchev–Trinajstić information content (AvgIpc) is 3.49. The first kappa shape index (κ1) is 18.9. The van der Waals surface area contributed by atoms with Crippen molar-refractivity contribution in [1.82, 2.24) is 9.71 Å². The lowest BCUT2D eigenvalue weighted by molar-refractivity contribution is 0.0472. The first-order valence-corrected chi connectivity index (χ1v) is 10.6. The zero-order chi connectivity index (χ0) is 19.7. The molecule has 0 aliphatic heterocycles. The van der Waals surface area contributed by atoms with Crippen molar-refractivity contribution in [2.24, 2.45) is 0 Å². The van der Waals surface area contributed by atoms with E-state index in [-0.39, 0.29) is 28.3 Å². The first-order chi connectivity index (χ1) is 13.4. The minimum absolute atomic E-state index is 0.0110. The van der Waals surface area contributed by atoms with Gasteiger partial charge in [0, 0.05) is 17.0 Å². The molecule has 1 aromatic heterocycles. The molecule has 0 unspecified atom stereocenters. The van der Waals surface area contributed by atoms with E-state index in [0.717, 1.165) is 23.7 Å². The van der Waals surface area contributed by atoms with Gasteiger partial charge < -0.3 is 4.74 Å². The molecule has 1 aliphatic carbocycles. The summed E-state index contributed by atoms with van der Waals surface area (Å²) in [6, 6.07) is 15.1. The number of hydrogen-bond donors (Lipinski definition) is 1. The quantitative estimate of drug-likeness (QED) is 0.489. The number of halogens is 1. The average molecular weight is 417 g/mol. The molecular weight excluding hydrogens is 400 g/mol. The Hall–Kier alpha value is -2.48. The number of nitrogens with one attached hydrogen (secondary N) is 1. The highest BCUT2D eigenvalue weighted by atomic mass is 35.5. The van der Waals surface area contributed by atoms with E-state index >= 15 is 0 Å². The number of nitrogens with zero attached hydrogens (tertiary/aromatic N) is 1. The van der Waals surface area contributed by atoms with Gasteiger partial charge in [0.2, 0.25) is 10.0 Å². The van der Waals surface area contributed by atoms with Gasteiger partial charge in [-0.25, -0.2) is 22.9 Å². The maximum Gasteiger partial charge on any atom is 0.338 e. The second-order valence-electron chi connectivity index (χ2n) is 6.63. The number of aromatic nitrogens is 1. The van der Waals surface area contributed by atoms with Crippen molar-refractivity contribution in [2.45, 2.75) is 30.4 Å². The maximum absolute atomic E-state index is 12.4. The van der Waals surface area contributed by atoms with E-state index in [0.29, 0.717) is 5.56 Å². The molecular formula is C20H17ClN2O4S. The third kappa shape index (κ3) is 4.16. The van der Waals surface area contributed by atoms with Crippen LogP contribution in [0.1, 0.15) is 28.8 Å². The minimum Gasteiger partial charge on any atom is -0.457 e. The fraction of sp³-hybridized carbons (Fsp3) is 0.200. The summed E-state index contributed by atoms with van der Waals surface area (Å²) in [5.74, 6) is -0.632. The van der Waals surface area contributed by atoms with Crippen LogP contribution in [0.3, 0.4) is 0 Å². The van der Waals surface area contributed by atoms with Crippen molar-refractivity contribution in [2.75, 3.05) is 0 Å². The maximum atomic E-state index is 12.4. The number of carbonyl (C=O) groups excluding carboxylic acids is 1. The second-order valence-corrected chi connectivity index (χ2v) is 8.70. The lowest BCUT2D eigenvalue weighted by Gasteiger charge is -2.09. The van der Waals surface area contributed by atoms with E-state index < -0.39 is 16.0 Å². The van der Waals surface area contributed by atoms with E-state index in [4.69, 9.17) is 16.3 Å². The number of hydrogen-bond acceptors (Lipinski definition) is 5. The van der Waals surface area contributed by atoms with Gasteiger partial charge in [-0.2, -0.15) is 0 Å². The van der Waals surface area contributed by atoms with Gasteiger partial charge in [0.25, 0.3) is 0 Å². The summed E-state index contributed by atoms with van der Waals surface area (Å²) in [4.78, 5) is 16.7. The Balaban J connectivity index is 1.50. The number of sulfonamides is 1. The minimum atomic E-state index is -3.64. The molecule has 0 radical (unpaired) electrons. The summed E-state index contributed by atoms with van der Waals surface area (Å²) in [5.41, 5.74) is 1.49. The molecule has 1 N–H and O–H groups in total. The van der Waals surface area contributed by atoms with Gasteiger partial charge in [0.05, 0.1) is 16.0 Å². The second kappa shape index (κ2) is 7.50. The van der Waals surface area contributed by atoms with Crippen LogP contribution in [0, 0.1) is 0 Å². The van der Waals surface area contributed by atoms with Gasteiger partial charge >= 0.3 is 5.97 Å². The number of fused-ring (bicyclic) bond motifs is 1. The van der Waals surface area contributed by atoms with Crippen LogP contribution in [-0.4, -0.2) is 25.4 Å². The molecule has 0 spiro atoms. The number of benzene rings is 2. The molecule has 4 rings (SSSR count). The topological polar surface area (TPSA) is 85.4 Å². The predicted molar refractivity (Wildman–Crippen MR) is 106 cm³/mol. The van der Waals surface area contributed by atoms with Crippen LogP contribution in [-0.2, 0) is 21.4 Å². The number of ether oxygens (including phenoxy) is 1. The van der Waals surface area contributed by atoms with Gasteiger partial charge in [0.15, 0.2) is 0 Å². The normalized spacial score (nSPS) is 14.2. The number of para-hydroxylation sites is 1. The van der Waals surface area contributed by atoms with Crippen molar-refractivity contribution in [1.29, 1.82) is 0 Å². The van der Waals surface area contributed by atoms with Gasteiger partial charge in [-0.1, -0.05) is 35.9 Å². The fourth-order valence-corrected chi connectivity index (χ4v) is 4.29. The largest absolute Gasteiger partial charge is 0.457 e. The smallest absolute Gasteiger partial charge is 0.338 e. The number of rotatable bonds is 6. The van der Waals surface area contributed by atoms with Crippen LogP contribution in [0.2, 0.25) is 5.15 Å². The van der Waals surface area contributed by atoms with Crippen molar-refractivity contribution >= 4 is 38.5 Å². The molecule has 0 saturated heterocycles. The molecule has 144 valence electrons. The summed E-state index contributed by atoms with van der Waals surface area (Å²) in [6.07, 6.45) is 1.67. The Morgan fingerprint density at radius 3 is 2.71 bits per heavy atom. The molecule has 1 aliphatic rings. The van der Waals surface area contributed by atoms with E-state index in [2.05, 4.69) is 9.71 Å². The Labute approximate surface area is 167 Å². The van der Waals surface area contributed by atoms with Gasteiger partial charge in [-0.05, 0) is 43.2 Å². The third-order valence-corrected chi connectivity index (χ3v) is 6.23. The molecule has 2 aromatic carbocycles. The predicted octanol–water partition coefficient (Wildman–Crippen LogP) is 3.69. The van der Waals surface area contributed by atoms with Crippen molar-refractivity contribution in [3.05, 3.63) is 70.9 Å². The van der Waals surface area contributed by atoms with Gasteiger partial charge in [0.1, 0.15) is 11.8 Å². The SMILES string of the molecule is O=C(OCc1cc2ccccc2nc1Cl)c1cccc(S(=O)(=O)NC2CC2)c1.